The monoisotopic (exact) mass is 314 g/mol. The third kappa shape index (κ3) is 4.04. The summed E-state index contributed by atoms with van der Waals surface area (Å²) in [7, 11) is 0. The van der Waals surface area contributed by atoms with Gasteiger partial charge in [0.15, 0.2) is 0 Å². The fraction of sp³-hybridized carbons (Fsp3) is 0.200. The summed E-state index contributed by atoms with van der Waals surface area (Å²) in [5.74, 6) is 1.13. The molecular formula is C15H13Cl3O. The number of hydrogen-bond acceptors (Lipinski definition) is 1. The van der Waals surface area contributed by atoms with Crippen molar-refractivity contribution in [3.05, 3.63) is 64.1 Å². The Morgan fingerprint density at radius 1 is 1.00 bits per heavy atom. The van der Waals surface area contributed by atoms with Crippen molar-refractivity contribution in [2.24, 2.45) is 0 Å². The SMILES string of the molecule is ClCC[C@H](Oc1ccc(Cl)cc1Cl)c1ccccc1. The highest BCUT2D eigenvalue weighted by Crippen LogP contribution is 2.32. The van der Waals surface area contributed by atoms with Crippen molar-refractivity contribution in [1.29, 1.82) is 0 Å². The smallest absolute Gasteiger partial charge is 0.138 e. The summed E-state index contributed by atoms with van der Waals surface area (Å²) in [6.07, 6.45) is 0.599. The minimum atomic E-state index is -0.114. The van der Waals surface area contributed by atoms with Gasteiger partial charge in [-0.2, -0.15) is 0 Å². The molecule has 0 aliphatic heterocycles. The van der Waals surface area contributed by atoms with Gasteiger partial charge in [0.2, 0.25) is 0 Å². The van der Waals surface area contributed by atoms with Crippen LogP contribution in [-0.2, 0) is 0 Å². The van der Waals surface area contributed by atoms with Gasteiger partial charge in [0.1, 0.15) is 11.9 Å². The minimum absolute atomic E-state index is 0.114. The van der Waals surface area contributed by atoms with Crippen LogP contribution in [0.15, 0.2) is 48.5 Å². The van der Waals surface area contributed by atoms with Crippen LogP contribution in [0.25, 0.3) is 0 Å². The largest absolute Gasteiger partial charge is 0.484 e. The van der Waals surface area contributed by atoms with Gasteiger partial charge in [0.25, 0.3) is 0 Å². The van der Waals surface area contributed by atoms with Crippen LogP contribution in [0.5, 0.6) is 5.75 Å². The van der Waals surface area contributed by atoms with Gasteiger partial charge in [-0.1, -0.05) is 53.5 Å². The van der Waals surface area contributed by atoms with Crippen LogP contribution in [0.1, 0.15) is 18.1 Å². The van der Waals surface area contributed by atoms with E-state index in [9.17, 15) is 0 Å². The Bertz CT molecular complexity index is 528. The molecule has 0 saturated carbocycles. The summed E-state index contributed by atoms with van der Waals surface area (Å²) in [5, 5.41) is 1.09. The molecule has 0 fully saturated rings. The highest BCUT2D eigenvalue weighted by Gasteiger charge is 2.14. The lowest BCUT2D eigenvalue weighted by atomic mass is 10.1. The Labute approximate surface area is 128 Å². The lowest BCUT2D eigenvalue weighted by molar-refractivity contribution is 0.202. The zero-order valence-corrected chi connectivity index (χ0v) is 12.4. The molecule has 4 heteroatoms. The molecule has 2 aromatic carbocycles. The van der Waals surface area contributed by atoms with E-state index in [0.717, 1.165) is 5.56 Å². The van der Waals surface area contributed by atoms with Crippen molar-refractivity contribution in [2.45, 2.75) is 12.5 Å². The molecular weight excluding hydrogens is 303 g/mol. The predicted octanol–water partition coefficient (Wildman–Crippen LogP) is 5.74. The van der Waals surface area contributed by atoms with Gasteiger partial charge in [0.05, 0.1) is 5.02 Å². The van der Waals surface area contributed by atoms with E-state index >= 15 is 0 Å². The van der Waals surface area contributed by atoms with Crippen LogP contribution in [0.4, 0.5) is 0 Å². The van der Waals surface area contributed by atoms with Gasteiger partial charge in [-0.3, -0.25) is 0 Å². The first-order valence-corrected chi connectivity index (χ1v) is 7.22. The maximum absolute atomic E-state index is 6.12. The quantitative estimate of drug-likeness (QED) is 0.639. The molecule has 0 spiro atoms. The number of hydrogen-bond donors (Lipinski definition) is 0. The topological polar surface area (TPSA) is 9.23 Å². The van der Waals surface area contributed by atoms with Crippen molar-refractivity contribution in [3.8, 4) is 5.75 Å². The lowest BCUT2D eigenvalue weighted by Gasteiger charge is -2.19. The van der Waals surface area contributed by atoms with Crippen molar-refractivity contribution in [3.63, 3.8) is 0 Å². The van der Waals surface area contributed by atoms with Gasteiger partial charge >= 0.3 is 0 Å². The highest BCUT2D eigenvalue weighted by atomic mass is 35.5. The first kappa shape index (κ1) is 14.5. The van der Waals surface area contributed by atoms with E-state index in [4.69, 9.17) is 39.5 Å². The first-order valence-electron chi connectivity index (χ1n) is 5.93. The van der Waals surface area contributed by atoms with E-state index in [-0.39, 0.29) is 6.10 Å². The summed E-state index contributed by atoms with van der Waals surface area (Å²) in [6, 6.07) is 15.1. The average Bonchev–Trinajstić information content (AvgIpc) is 2.42. The highest BCUT2D eigenvalue weighted by molar-refractivity contribution is 6.35. The Morgan fingerprint density at radius 2 is 1.74 bits per heavy atom. The third-order valence-electron chi connectivity index (χ3n) is 2.71. The zero-order chi connectivity index (χ0) is 13.7. The number of alkyl halides is 1. The fourth-order valence-electron chi connectivity index (χ4n) is 1.78. The van der Waals surface area contributed by atoms with Crippen molar-refractivity contribution >= 4 is 34.8 Å². The van der Waals surface area contributed by atoms with Crippen LogP contribution in [0, 0.1) is 0 Å². The van der Waals surface area contributed by atoms with Crippen molar-refractivity contribution in [1.82, 2.24) is 0 Å². The Hall–Kier alpha value is -0.890. The molecule has 100 valence electrons. The molecule has 2 rings (SSSR count). The Morgan fingerprint density at radius 3 is 2.37 bits per heavy atom. The molecule has 0 aromatic heterocycles. The van der Waals surface area contributed by atoms with E-state index in [1.54, 1.807) is 18.2 Å². The average molecular weight is 316 g/mol. The van der Waals surface area contributed by atoms with E-state index in [1.165, 1.54) is 0 Å². The number of benzene rings is 2. The fourth-order valence-corrected chi connectivity index (χ4v) is 2.44. The molecule has 0 heterocycles. The molecule has 0 bridgehead atoms. The normalized spacial score (nSPS) is 12.2. The Kier molecular flexibility index (Phi) is 5.38. The van der Waals surface area contributed by atoms with Crippen molar-refractivity contribution in [2.75, 3.05) is 5.88 Å². The third-order valence-corrected chi connectivity index (χ3v) is 3.45. The Balaban J connectivity index is 2.21. The number of halogens is 3. The molecule has 0 unspecified atom stereocenters. The van der Waals surface area contributed by atoms with E-state index in [1.807, 2.05) is 30.3 Å². The molecule has 0 aliphatic carbocycles. The number of ether oxygens (including phenoxy) is 1. The summed E-state index contributed by atoms with van der Waals surface area (Å²) < 4.78 is 5.95. The zero-order valence-electron chi connectivity index (χ0n) is 10.2. The van der Waals surface area contributed by atoms with Crippen LogP contribution in [0.2, 0.25) is 10.0 Å². The van der Waals surface area contributed by atoms with Gasteiger partial charge in [-0.25, -0.2) is 0 Å². The van der Waals surface area contributed by atoms with Gasteiger partial charge in [-0.05, 0) is 23.8 Å². The maximum atomic E-state index is 6.12. The van der Waals surface area contributed by atoms with Gasteiger partial charge < -0.3 is 4.74 Å². The maximum Gasteiger partial charge on any atom is 0.138 e. The number of rotatable bonds is 5. The molecule has 0 aliphatic rings. The van der Waals surface area contributed by atoms with Gasteiger partial charge in [0, 0.05) is 17.3 Å². The van der Waals surface area contributed by atoms with Crippen molar-refractivity contribution < 1.29 is 4.74 Å². The van der Waals surface area contributed by atoms with E-state index in [0.29, 0.717) is 28.1 Å². The second-order valence-electron chi connectivity index (χ2n) is 4.07. The molecule has 0 N–H and O–H groups in total. The van der Waals surface area contributed by atoms with Crippen LogP contribution in [-0.4, -0.2) is 5.88 Å². The van der Waals surface area contributed by atoms with Gasteiger partial charge in [-0.15, -0.1) is 11.6 Å². The summed E-state index contributed by atoms with van der Waals surface area (Å²) in [6.45, 7) is 0. The molecule has 1 nitrogen and oxygen atoms in total. The first-order chi connectivity index (χ1) is 9.20. The molecule has 0 amide bonds. The second-order valence-corrected chi connectivity index (χ2v) is 5.29. The van der Waals surface area contributed by atoms with E-state index in [2.05, 4.69) is 0 Å². The lowest BCUT2D eigenvalue weighted by Crippen LogP contribution is -2.08. The summed E-state index contributed by atoms with van der Waals surface area (Å²) in [5.41, 5.74) is 1.08. The summed E-state index contributed by atoms with van der Waals surface area (Å²) in [4.78, 5) is 0. The van der Waals surface area contributed by atoms with E-state index < -0.39 is 0 Å². The van der Waals surface area contributed by atoms with Crippen LogP contribution in [0.3, 0.4) is 0 Å². The standard InChI is InChI=1S/C15H13Cl3O/c16-9-8-14(11-4-2-1-3-5-11)19-15-7-6-12(17)10-13(15)18/h1-7,10,14H,8-9H2/t14-/m0/s1. The molecule has 0 saturated heterocycles. The molecule has 19 heavy (non-hydrogen) atoms. The molecule has 0 radical (unpaired) electrons. The summed E-state index contributed by atoms with van der Waals surface area (Å²) >= 11 is 17.8. The molecule has 1 atom stereocenters. The second kappa shape index (κ2) is 7.04. The van der Waals surface area contributed by atoms with Crippen LogP contribution >= 0.6 is 34.8 Å². The predicted molar refractivity (Wildman–Crippen MR) is 81.6 cm³/mol. The van der Waals surface area contributed by atoms with Crippen LogP contribution < -0.4 is 4.74 Å². The molecule has 2 aromatic rings. The minimum Gasteiger partial charge on any atom is -0.484 e.